The standard InChI is InChI=1S/C21H21N3OS/c25-20(14-16-6-2-1-3-7-16)22-18-10-8-17(9-11-18)19-15-26-21(23-19)24-12-4-5-13-24/h1-3,6-11,15H,4-5,12-14H2,(H,22,25). The van der Waals surface area contributed by atoms with E-state index in [2.05, 4.69) is 15.6 Å². The predicted molar refractivity (Wildman–Crippen MR) is 108 cm³/mol. The lowest BCUT2D eigenvalue weighted by Gasteiger charge is -2.12. The van der Waals surface area contributed by atoms with Crippen molar-refractivity contribution in [1.29, 1.82) is 0 Å². The molecule has 4 nitrogen and oxygen atoms in total. The molecule has 4 rings (SSSR count). The van der Waals surface area contributed by atoms with Gasteiger partial charge >= 0.3 is 0 Å². The van der Waals surface area contributed by atoms with Crippen molar-refractivity contribution in [3.63, 3.8) is 0 Å². The quantitative estimate of drug-likeness (QED) is 0.721. The fourth-order valence-electron chi connectivity index (χ4n) is 3.16. The molecule has 1 amide bonds. The number of hydrogen-bond acceptors (Lipinski definition) is 4. The average Bonchev–Trinajstić information content (AvgIpc) is 3.35. The Balaban J connectivity index is 1.39. The van der Waals surface area contributed by atoms with Gasteiger partial charge in [-0.2, -0.15) is 0 Å². The van der Waals surface area contributed by atoms with Crippen molar-refractivity contribution >= 4 is 28.1 Å². The lowest BCUT2D eigenvalue weighted by atomic mass is 10.1. The number of benzene rings is 2. The number of carbonyl (C=O) groups is 1. The van der Waals surface area contributed by atoms with Gasteiger partial charge in [0, 0.05) is 29.7 Å². The topological polar surface area (TPSA) is 45.2 Å². The first-order valence-electron chi connectivity index (χ1n) is 8.93. The Morgan fingerprint density at radius 1 is 1.04 bits per heavy atom. The minimum Gasteiger partial charge on any atom is -0.348 e. The lowest BCUT2D eigenvalue weighted by Crippen LogP contribution is -2.17. The van der Waals surface area contributed by atoms with Crippen LogP contribution in [0, 0.1) is 0 Å². The molecule has 0 spiro atoms. The second kappa shape index (κ2) is 7.70. The van der Waals surface area contributed by atoms with E-state index in [0.29, 0.717) is 6.42 Å². The number of aromatic nitrogens is 1. The Hall–Kier alpha value is -2.66. The largest absolute Gasteiger partial charge is 0.348 e. The summed E-state index contributed by atoms with van der Waals surface area (Å²) in [5.74, 6) is -0.00562. The third-order valence-corrected chi connectivity index (χ3v) is 5.44. The molecule has 0 radical (unpaired) electrons. The summed E-state index contributed by atoms with van der Waals surface area (Å²) in [4.78, 5) is 19.3. The second-order valence-corrected chi connectivity index (χ2v) is 7.33. The normalized spacial score (nSPS) is 13.8. The van der Waals surface area contributed by atoms with Crippen LogP contribution in [0.1, 0.15) is 18.4 Å². The van der Waals surface area contributed by atoms with Crippen LogP contribution in [-0.2, 0) is 11.2 Å². The number of hydrogen-bond donors (Lipinski definition) is 1. The van der Waals surface area contributed by atoms with Gasteiger partial charge in [-0.15, -0.1) is 11.3 Å². The summed E-state index contributed by atoms with van der Waals surface area (Å²) in [6, 6.07) is 17.7. The molecule has 0 aliphatic carbocycles. The molecule has 3 aromatic rings. The predicted octanol–water partition coefficient (Wildman–Crippen LogP) is 4.59. The maximum absolute atomic E-state index is 12.2. The van der Waals surface area contributed by atoms with Gasteiger partial charge in [0.15, 0.2) is 5.13 Å². The number of thiazole rings is 1. The molecule has 1 N–H and O–H groups in total. The number of rotatable bonds is 5. The molecule has 2 heterocycles. The fourth-order valence-corrected chi connectivity index (χ4v) is 4.05. The van der Waals surface area contributed by atoms with E-state index in [1.165, 1.54) is 12.8 Å². The highest BCUT2D eigenvalue weighted by molar-refractivity contribution is 7.14. The van der Waals surface area contributed by atoms with Crippen LogP contribution in [0.15, 0.2) is 60.0 Å². The van der Waals surface area contributed by atoms with Gasteiger partial charge in [-0.25, -0.2) is 4.98 Å². The average molecular weight is 363 g/mol. The molecule has 0 unspecified atom stereocenters. The summed E-state index contributed by atoms with van der Waals surface area (Å²) >= 11 is 1.70. The van der Waals surface area contributed by atoms with Gasteiger partial charge in [-0.3, -0.25) is 4.79 Å². The summed E-state index contributed by atoms with van der Waals surface area (Å²) < 4.78 is 0. The highest BCUT2D eigenvalue weighted by Gasteiger charge is 2.16. The van der Waals surface area contributed by atoms with Crippen LogP contribution in [0.4, 0.5) is 10.8 Å². The Morgan fingerprint density at radius 3 is 2.50 bits per heavy atom. The van der Waals surface area contributed by atoms with E-state index in [9.17, 15) is 4.79 Å². The monoisotopic (exact) mass is 363 g/mol. The van der Waals surface area contributed by atoms with Gasteiger partial charge in [0.25, 0.3) is 0 Å². The van der Waals surface area contributed by atoms with E-state index in [0.717, 1.165) is 40.7 Å². The van der Waals surface area contributed by atoms with E-state index in [1.54, 1.807) is 11.3 Å². The molecular formula is C21H21N3OS. The van der Waals surface area contributed by atoms with E-state index in [-0.39, 0.29) is 5.91 Å². The van der Waals surface area contributed by atoms with Gasteiger partial charge in [0.2, 0.25) is 5.91 Å². The third kappa shape index (κ3) is 3.94. The summed E-state index contributed by atoms with van der Waals surface area (Å²) in [5, 5.41) is 6.17. The summed E-state index contributed by atoms with van der Waals surface area (Å²) in [7, 11) is 0. The molecule has 1 aromatic heterocycles. The lowest BCUT2D eigenvalue weighted by molar-refractivity contribution is -0.115. The first-order valence-corrected chi connectivity index (χ1v) is 9.80. The second-order valence-electron chi connectivity index (χ2n) is 6.50. The Labute approximate surface area is 157 Å². The van der Waals surface area contributed by atoms with Gasteiger partial charge < -0.3 is 10.2 Å². The highest BCUT2D eigenvalue weighted by atomic mass is 32.1. The van der Waals surface area contributed by atoms with Gasteiger partial charge in [-0.1, -0.05) is 42.5 Å². The molecule has 0 saturated carbocycles. The Bertz CT molecular complexity index is 868. The molecule has 0 bridgehead atoms. The minimum absolute atomic E-state index is 0.00562. The van der Waals surface area contributed by atoms with Gasteiger partial charge in [0.1, 0.15) is 0 Å². The van der Waals surface area contributed by atoms with Gasteiger partial charge in [-0.05, 0) is 30.5 Å². The summed E-state index contributed by atoms with van der Waals surface area (Å²) in [6.45, 7) is 2.22. The van der Waals surface area contributed by atoms with Crippen molar-refractivity contribution < 1.29 is 4.79 Å². The molecule has 1 aliphatic heterocycles. The smallest absolute Gasteiger partial charge is 0.228 e. The third-order valence-electron chi connectivity index (χ3n) is 4.54. The molecule has 1 fully saturated rings. The zero-order valence-electron chi connectivity index (χ0n) is 14.5. The zero-order valence-corrected chi connectivity index (χ0v) is 15.3. The number of amides is 1. The zero-order chi connectivity index (χ0) is 17.8. The van der Waals surface area contributed by atoms with Crippen LogP contribution in [0.2, 0.25) is 0 Å². The first-order chi connectivity index (χ1) is 12.8. The minimum atomic E-state index is -0.00562. The van der Waals surface area contributed by atoms with E-state index in [4.69, 9.17) is 4.98 Å². The Kier molecular flexibility index (Phi) is 4.97. The van der Waals surface area contributed by atoms with Crippen molar-refractivity contribution in [3.8, 4) is 11.3 Å². The molecule has 0 atom stereocenters. The summed E-state index contributed by atoms with van der Waals surface area (Å²) in [6.07, 6.45) is 2.90. The molecule has 132 valence electrons. The number of anilines is 2. The van der Waals surface area contributed by atoms with Crippen LogP contribution in [0.25, 0.3) is 11.3 Å². The van der Waals surface area contributed by atoms with Crippen LogP contribution < -0.4 is 10.2 Å². The van der Waals surface area contributed by atoms with Crippen LogP contribution >= 0.6 is 11.3 Å². The van der Waals surface area contributed by atoms with E-state index < -0.39 is 0 Å². The maximum Gasteiger partial charge on any atom is 0.228 e. The van der Waals surface area contributed by atoms with Crippen molar-refractivity contribution in [2.75, 3.05) is 23.3 Å². The van der Waals surface area contributed by atoms with Crippen molar-refractivity contribution in [1.82, 2.24) is 4.98 Å². The SMILES string of the molecule is O=C(Cc1ccccc1)Nc1ccc(-c2csc(N3CCCC3)n2)cc1. The molecule has 2 aromatic carbocycles. The van der Waals surface area contributed by atoms with E-state index in [1.807, 2.05) is 54.6 Å². The Morgan fingerprint density at radius 2 is 1.77 bits per heavy atom. The number of nitrogens with zero attached hydrogens (tertiary/aromatic N) is 2. The van der Waals surface area contributed by atoms with Crippen LogP contribution in [0.3, 0.4) is 0 Å². The molecular weight excluding hydrogens is 342 g/mol. The van der Waals surface area contributed by atoms with Crippen molar-refractivity contribution in [2.24, 2.45) is 0 Å². The van der Waals surface area contributed by atoms with Crippen molar-refractivity contribution in [2.45, 2.75) is 19.3 Å². The maximum atomic E-state index is 12.2. The van der Waals surface area contributed by atoms with Crippen LogP contribution in [0.5, 0.6) is 0 Å². The van der Waals surface area contributed by atoms with Gasteiger partial charge in [0.05, 0.1) is 12.1 Å². The molecule has 5 heteroatoms. The first kappa shape index (κ1) is 16.8. The summed E-state index contributed by atoms with van der Waals surface area (Å²) in [5.41, 5.74) is 3.90. The van der Waals surface area contributed by atoms with Crippen molar-refractivity contribution in [3.05, 3.63) is 65.5 Å². The molecule has 1 saturated heterocycles. The number of carbonyl (C=O) groups excluding carboxylic acids is 1. The molecule has 26 heavy (non-hydrogen) atoms. The van der Waals surface area contributed by atoms with Crippen LogP contribution in [-0.4, -0.2) is 24.0 Å². The fraction of sp³-hybridized carbons (Fsp3) is 0.238. The molecule has 1 aliphatic rings. The number of nitrogens with one attached hydrogen (secondary N) is 1. The highest BCUT2D eigenvalue weighted by Crippen LogP contribution is 2.30. The van der Waals surface area contributed by atoms with E-state index >= 15 is 0 Å².